The molecule has 4 heteroatoms. The van der Waals surface area contributed by atoms with E-state index in [2.05, 4.69) is 24.2 Å². The molecule has 0 amide bonds. The van der Waals surface area contributed by atoms with Crippen molar-refractivity contribution in [2.75, 3.05) is 41.4 Å². The number of rotatable bonds is 7. The fraction of sp³-hybridized carbons (Fsp3) is 0.571. The van der Waals surface area contributed by atoms with Crippen LogP contribution in [0.4, 0.5) is 0 Å². The standard InChI is InChI=1S/C14H24N2O2/c1-11-8-12(17-4)9-14(18-5)13(11)10-16(3)7-6-15-2/h8-9,15H,6-7,10H2,1-5H3. The van der Waals surface area contributed by atoms with Crippen molar-refractivity contribution >= 4 is 0 Å². The number of likely N-dealkylation sites (N-methyl/N-ethyl adjacent to an activating group) is 2. The summed E-state index contributed by atoms with van der Waals surface area (Å²) in [6.45, 7) is 4.95. The Kier molecular flexibility index (Phi) is 5.95. The first-order chi connectivity index (χ1) is 8.62. The molecule has 0 aliphatic heterocycles. The predicted molar refractivity (Wildman–Crippen MR) is 74.5 cm³/mol. The van der Waals surface area contributed by atoms with E-state index in [-0.39, 0.29) is 0 Å². The summed E-state index contributed by atoms with van der Waals surface area (Å²) in [6.07, 6.45) is 0. The van der Waals surface area contributed by atoms with Gasteiger partial charge in [-0.15, -0.1) is 0 Å². The fourth-order valence-corrected chi connectivity index (χ4v) is 1.91. The summed E-state index contributed by atoms with van der Waals surface area (Å²) in [5.74, 6) is 1.73. The van der Waals surface area contributed by atoms with Crippen molar-refractivity contribution in [2.24, 2.45) is 0 Å². The van der Waals surface area contributed by atoms with E-state index in [9.17, 15) is 0 Å². The fourth-order valence-electron chi connectivity index (χ4n) is 1.91. The summed E-state index contributed by atoms with van der Waals surface area (Å²) >= 11 is 0. The molecular formula is C14H24N2O2. The van der Waals surface area contributed by atoms with Gasteiger partial charge in [0.15, 0.2) is 0 Å². The Labute approximate surface area is 110 Å². The highest BCUT2D eigenvalue weighted by Crippen LogP contribution is 2.29. The Morgan fingerprint density at radius 2 is 1.94 bits per heavy atom. The van der Waals surface area contributed by atoms with Crippen molar-refractivity contribution in [3.05, 3.63) is 23.3 Å². The zero-order chi connectivity index (χ0) is 13.5. The van der Waals surface area contributed by atoms with Gasteiger partial charge in [0.05, 0.1) is 14.2 Å². The van der Waals surface area contributed by atoms with Crippen molar-refractivity contribution in [3.8, 4) is 11.5 Å². The molecule has 0 radical (unpaired) electrons. The lowest BCUT2D eigenvalue weighted by Crippen LogP contribution is -2.27. The lowest BCUT2D eigenvalue weighted by molar-refractivity contribution is 0.316. The molecule has 0 spiro atoms. The summed E-state index contributed by atoms with van der Waals surface area (Å²) in [5, 5.41) is 3.15. The normalized spacial score (nSPS) is 10.8. The average Bonchev–Trinajstić information content (AvgIpc) is 2.38. The number of nitrogens with zero attached hydrogens (tertiary/aromatic N) is 1. The molecule has 4 nitrogen and oxygen atoms in total. The molecule has 0 saturated heterocycles. The third kappa shape index (κ3) is 3.89. The van der Waals surface area contributed by atoms with Crippen molar-refractivity contribution in [1.29, 1.82) is 0 Å². The topological polar surface area (TPSA) is 33.7 Å². The molecule has 18 heavy (non-hydrogen) atoms. The molecule has 0 saturated carbocycles. The quantitative estimate of drug-likeness (QED) is 0.800. The minimum Gasteiger partial charge on any atom is -0.497 e. The zero-order valence-electron chi connectivity index (χ0n) is 12.0. The first kappa shape index (κ1) is 14.8. The maximum absolute atomic E-state index is 5.45. The number of aryl methyl sites for hydroxylation is 1. The predicted octanol–water partition coefficient (Wildman–Crippen LogP) is 1.66. The highest BCUT2D eigenvalue weighted by Gasteiger charge is 2.11. The number of methoxy groups -OCH3 is 2. The molecular weight excluding hydrogens is 228 g/mol. The minimum absolute atomic E-state index is 0.839. The van der Waals surface area contributed by atoms with Crippen molar-refractivity contribution in [2.45, 2.75) is 13.5 Å². The van der Waals surface area contributed by atoms with E-state index in [1.165, 1.54) is 11.1 Å². The molecule has 1 aromatic rings. The summed E-state index contributed by atoms with van der Waals surface area (Å²) in [6, 6.07) is 3.98. The number of hydrogen-bond donors (Lipinski definition) is 1. The first-order valence-corrected chi connectivity index (χ1v) is 6.17. The van der Waals surface area contributed by atoms with Gasteiger partial charge in [-0.05, 0) is 32.6 Å². The summed E-state index contributed by atoms with van der Waals surface area (Å²) in [7, 11) is 7.45. The molecule has 0 heterocycles. The molecule has 0 aliphatic carbocycles. The molecule has 0 aliphatic rings. The summed E-state index contributed by atoms with van der Waals surface area (Å²) in [5.41, 5.74) is 2.42. The molecule has 102 valence electrons. The summed E-state index contributed by atoms with van der Waals surface area (Å²) in [4.78, 5) is 2.27. The van der Waals surface area contributed by atoms with Gasteiger partial charge in [-0.2, -0.15) is 0 Å². The van der Waals surface area contributed by atoms with Crippen LogP contribution in [-0.4, -0.2) is 46.3 Å². The van der Waals surface area contributed by atoms with Crippen molar-refractivity contribution in [3.63, 3.8) is 0 Å². The number of ether oxygens (including phenoxy) is 2. The molecule has 0 fully saturated rings. The zero-order valence-corrected chi connectivity index (χ0v) is 12.0. The molecule has 1 rings (SSSR count). The van der Waals surface area contributed by atoms with Gasteiger partial charge in [-0.3, -0.25) is 0 Å². The van der Waals surface area contributed by atoms with E-state index in [0.717, 1.165) is 31.1 Å². The Morgan fingerprint density at radius 1 is 1.22 bits per heavy atom. The Bertz CT molecular complexity index is 380. The first-order valence-electron chi connectivity index (χ1n) is 6.17. The van der Waals surface area contributed by atoms with Crippen molar-refractivity contribution in [1.82, 2.24) is 10.2 Å². The second kappa shape index (κ2) is 7.24. The van der Waals surface area contributed by atoms with Crippen LogP contribution in [0.15, 0.2) is 12.1 Å². The Morgan fingerprint density at radius 3 is 2.50 bits per heavy atom. The van der Waals surface area contributed by atoms with Gasteiger partial charge in [-0.1, -0.05) is 0 Å². The SMILES string of the molecule is CNCCN(C)Cc1c(C)cc(OC)cc1OC. The van der Waals surface area contributed by atoms with Gasteiger partial charge in [0, 0.05) is 31.3 Å². The summed E-state index contributed by atoms with van der Waals surface area (Å²) < 4.78 is 10.7. The number of benzene rings is 1. The number of nitrogens with one attached hydrogen (secondary N) is 1. The van der Waals surface area contributed by atoms with Crippen LogP contribution in [0.25, 0.3) is 0 Å². The van der Waals surface area contributed by atoms with Crippen LogP contribution in [0.5, 0.6) is 11.5 Å². The third-order valence-corrected chi connectivity index (χ3v) is 3.03. The Hall–Kier alpha value is -1.26. The van der Waals surface area contributed by atoms with Gasteiger partial charge >= 0.3 is 0 Å². The molecule has 0 atom stereocenters. The number of hydrogen-bond acceptors (Lipinski definition) is 4. The van der Waals surface area contributed by atoms with E-state index in [1.54, 1.807) is 14.2 Å². The van der Waals surface area contributed by atoms with Crippen LogP contribution < -0.4 is 14.8 Å². The molecule has 0 aromatic heterocycles. The second-order valence-corrected chi connectivity index (χ2v) is 4.47. The minimum atomic E-state index is 0.839. The Balaban J connectivity index is 2.86. The van der Waals surface area contributed by atoms with E-state index >= 15 is 0 Å². The van der Waals surface area contributed by atoms with Gasteiger partial charge in [-0.25, -0.2) is 0 Å². The maximum Gasteiger partial charge on any atom is 0.127 e. The van der Waals surface area contributed by atoms with Gasteiger partial charge in [0.2, 0.25) is 0 Å². The van der Waals surface area contributed by atoms with Crippen LogP contribution in [0, 0.1) is 6.92 Å². The molecule has 1 N–H and O–H groups in total. The average molecular weight is 252 g/mol. The van der Waals surface area contributed by atoms with Gasteiger partial charge < -0.3 is 19.7 Å². The maximum atomic E-state index is 5.45. The smallest absolute Gasteiger partial charge is 0.127 e. The third-order valence-electron chi connectivity index (χ3n) is 3.03. The van der Waals surface area contributed by atoms with Crippen LogP contribution in [0.2, 0.25) is 0 Å². The molecule has 0 bridgehead atoms. The molecule has 0 unspecified atom stereocenters. The molecule has 1 aromatic carbocycles. The lowest BCUT2D eigenvalue weighted by atomic mass is 10.1. The van der Waals surface area contributed by atoms with E-state index in [4.69, 9.17) is 9.47 Å². The second-order valence-electron chi connectivity index (χ2n) is 4.47. The van der Waals surface area contributed by atoms with Crippen LogP contribution in [0.3, 0.4) is 0 Å². The van der Waals surface area contributed by atoms with E-state index < -0.39 is 0 Å². The van der Waals surface area contributed by atoms with E-state index in [0.29, 0.717) is 0 Å². The highest BCUT2D eigenvalue weighted by molar-refractivity contribution is 5.46. The van der Waals surface area contributed by atoms with Gasteiger partial charge in [0.25, 0.3) is 0 Å². The van der Waals surface area contributed by atoms with E-state index in [1.807, 2.05) is 19.2 Å². The van der Waals surface area contributed by atoms with Crippen LogP contribution >= 0.6 is 0 Å². The monoisotopic (exact) mass is 252 g/mol. The highest BCUT2D eigenvalue weighted by atomic mass is 16.5. The van der Waals surface area contributed by atoms with Crippen molar-refractivity contribution < 1.29 is 9.47 Å². The van der Waals surface area contributed by atoms with Crippen LogP contribution in [0.1, 0.15) is 11.1 Å². The van der Waals surface area contributed by atoms with Crippen LogP contribution in [-0.2, 0) is 6.54 Å². The lowest BCUT2D eigenvalue weighted by Gasteiger charge is -2.20. The van der Waals surface area contributed by atoms with Gasteiger partial charge in [0.1, 0.15) is 11.5 Å². The largest absolute Gasteiger partial charge is 0.497 e.